The first-order valence-corrected chi connectivity index (χ1v) is 7.06. The van der Waals surface area contributed by atoms with Crippen LogP contribution in [-0.4, -0.2) is 5.11 Å². The van der Waals surface area contributed by atoms with E-state index in [2.05, 4.69) is 0 Å². The van der Waals surface area contributed by atoms with Gasteiger partial charge in [-0.15, -0.1) is 0 Å². The zero-order valence-corrected chi connectivity index (χ0v) is 11.5. The van der Waals surface area contributed by atoms with Crippen molar-refractivity contribution in [3.8, 4) is 5.75 Å². The summed E-state index contributed by atoms with van der Waals surface area (Å²) in [6.07, 6.45) is 0. The van der Waals surface area contributed by atoms with Crippen molar-refractivity contribution in [3.05, 3.63) is 64.8 Å². The van der Waals surface area contributed by atoms with E-state index in [0.29, 0.717) is 16.6 Å². The maximum atomic E-state index is 12.1. The van der Waals surface area contributed by atoms with Crippen molar-refractivity contribution in [1.82, 2.24) is 0 Å². The quantitative estimate of drug-likeness (QED) is 0.339. The average Bonchev–Trinajstić information content (AvgIpc) is 2.55. The minimum Gasteiger partial charge on any atom is -0.504 e. The Hall–Kier alpha value is -3.07. The highest BCUT2D eigenvalue weighted by Gasteiger charge is 2.16. The third-order valence-corrected chi connectivity index (χ3v) is 4.31. The number of phenolic OH excluding ortho intramolecular Hbond substituents is 1. The van der Waals surface area contributed by atoms with Crippen molar-refractivity contribution >= 4 is 43.5 Å². The largest absolute Gasteiger partial charge is 0.504 e. The van der Waals surface area contributed by atoms with Crippen LogP contribution in [0.3, 0.4) is 0 Å². The summed E-state index contributed by atoms with van der Waals surface area (Å²) < 4.78 is 5.91. The summed E-state index contributed by atoms with van der Waals surface area (Å²) in [6.45, 7) is 0. The molecule has 5 rings (SSSR count). The molecule has 0 atom stereocenters. The molecule has 0 unspecified atom stereocenters. The number of para-hydroxylation sites is 1. The summed E-state index contributed by atoms with van der Waals surface area (Å²) in [5, 5.41) is 15.5. The van der Waals surface area contributed by atoms with Gasteiger partial charge in [0.2, 0.25) is 0 Å². The summed E-state index contributed by atoms with van der Waals surface area (Å²) >= 11 is 0. The summed E-state index contributed by atoms with van der Waals surface area (Å²) in [4.78, 5) is 12.1. The van der Waals surface area contributed by atoms with Crippen LogP contribution in [0.25, 0.3) is 43.5 Å². The van der Waals surface area contributed by atoms with Gasteiger partial charge in [-0.25, -0.2) is 0 Å². The van der Waals surface area contributed by atoms with E-state index in [1.165, 1.54) is 6.07 Å². The van der Waals surface area contributed by atoms with Gasteiger partial charge in [-0.3, -0.25) is 4.79 Å². The second-order valence-corrected chi connectivity index (χ2v) is 5.52. The number of fused-ring (bicyclic) bond motifs is 2. The molecule has 3 heteroatoms. The molecule has 0 fully saturated rings. The SMILES string of the molecule is O=c1ccc2cc(O)c3oc4ccccc4c4ccc1c2c34. The third-order valence-electron chi connectivity index (χ3n) is 4.31. The van der Waals surface area contributed by atoms with Crippen LogP contribution < -0.4 is 5.43 Å². The smallest absolute Gasteiger partial charge is 0.186 e. The van der Waals surface area contributed by atoms with Crippen molar-refractivity contribution in [1.29, 1.82) is 0 Å². The van der Waals surface area contributed by atoms with Crippen LogP contribution in [-0.2, 0) is 0 Å². The predicted molar refractivity (Wildman–Crippen MR) is 87.9 cm³/mol. The van der Waals surface area contributed by atoms with Crippen molar-refractivity contribution < 1.29 is 9.52 Å². The van der Waals surface area contributed by atoms with Crippen LogP contribution in [0.2, 0.25) is 0 Å². The standard InChI is InChI=1S/C19H10O3/c20-14-8-5-10-9-15(21)19-18-12(6-7-13(14)17(10)18)11-3-1-2-4-16(11)22-19/h1-9,21H. The molecule has 0 aliphatic rings. The maximum Gasteiger partial charge on any atom is 0.186 e. The molecule has 0 saturated heterocycles. The Morgan fingerprint density at radius 2 is 1.64 bits per heavy atom. The van der Waals surface area contributed by atoms with Crippen LogP contribution in [0.1, 0.15) is 0 Å². The Balaban J connectivity index is 2.26. The Kier molecular flexibility index (Phi) is 1.98. The van der Waals surface area contributed by atoms with Gasteiger partial charge in [0.1, 0.15) is 5.58 Å². The maximum absolute atomic E-state index is 12.1. The molecule has 3 nitrogen and oxygen atoms in total. The Morgan fingerprint density at radius 1 is 0.818 bits per heavy atom. The molecule has 0 radical (unpaired) electrons. The topological polar surface area (TPSA) is 50.4 Å². The molecular weight excluding hydrogens is 276 g/mol. The lowest BCUT2D eigenvalue weighted by Gasteiger charge is -2.12. The predicted octanol–water partition coefficient (Wildman–Crippen LogP) is 4.40. The second-order valence-electron chi connectivity index (χ2n) is 5.52. The third kappa shape index (κ3) is 1.28. The molecule has 0 spiro atoms. The van der Waals surface area contributed by atoms with Gasteiger partial charge in [-0.05, 0) is 35.0 Å². The van der Waals surface area contributed by atoms with E-state index in [4.69, 9.17) is 4.42 Å². The highest BCUT2D eigenvalue weighted by Crippen LogP contribution is 2.41. The second kappa shape index (κ2) is 3.77. The van der Waals surface area contributed by atoms with Crippen LogP contribution in [0, 0.1) is 0 Å². The molecule has 0 aliphatic carbocycles. The first-order valence-electron chi connectivity index (χ1n) is 7.06. The average molecular weight is 286 g/mol. The van der Waals surface area contributed by atoms with E-state index >= 15 is 0 Å². The zero-order chi connectivity index (χ0) is 14.8. The molecule has 0 saturated carbocycles. The Bertz CT molecular complexity index is 1250. The van der Waals surface area contributed by atoms with E-state index < -0.39 is 0 Å². The van der Waals surface area contributed by atoms with Crippen LogP contribution in [0.4, 0.5) is 0 Å². The lowest BCUT2D eigenvalue weighted by atomic mass is 9.95. The minimum atomic E-state index is -0.0189. The summed E-state index contributed by atoms with van der Waals surface area (Å²) in [6, 6.07) is 16.4. The fourth-order valence-corrected chi connectivity index (χ4v) is 3.36. The Labute approximate surface area is 124 Å². The summed E-state index contributed by atoms with van der Waals surface area (Å²) in [5.74, 6) is 0.0920. The fraction of sp³-hybridized carbons (Fsp3) is 0. The zero-order valence-electron chi connectivity index (χ0n) is 11.5. The lowest BCUT2D eigenvalue weighted by molar-refractivity contribution is 0.468. The number of aromatic hydroxyl groups is 1. The lowest BCUT2D eigenvalue weighted by Crippen LogP contribution is -1.99. The molecule has 0 amide bonds. The van der Waals surface area contributed by atoms with E-state index in [1.54, 1.807) is 12.1 Å². The first kappa shape index (κ1) is 11.6. The number of rotatable bonds is 0. The molecule has 0 bridgehead atoms. The normalized spacial score (nSPS) is 12.0. The van der Waals surface area contributed by atoms with Gasteiger partial charge in [0.15, 0.2) is 16.8 Å². The van der Waals surface area contributed by atoms with Gasteiger partial charge >= 0.3 is 0 Å². The number of benzene rings is 4. The molecule has 0 aliphatic heterocycles. The van der Waals surface area contributed by atoms with Crippen molar-refractivity contribution in [2.24, 2.45) is 0 Å². The monoisotopic (exact) mass is 286 g/mol. The van der Waals surface area contributed by atoms with Gasteiger partial charge in [0.05, 0.1) is 0 Å². The summed E-state index contributed by atoms with van der Waals surface area (Å²) in [5.41, 5.74) is 1.12. The van der Waals surface area contributed by atoms with E-state index in [-0.39, 0.29) is 11.2 Å². The Morgan fingerprint density at radius 3 is 2.55 bits per heavy atom. The van der Waals surface area contributed by atoms with E-state index in [0.717, 1.165) is 26.9 Å². The number of phenols is 1. The van der Waals surface area contributed by atoms with Crippen molar-refractivity contribution in [2.45, 2.75) is 0 Å². The minimum absolute atomic E-state index is 0.0189. The molecular formula is C19H10O3. The van der Waals surface area contributed by atoms with E-state index in [1.807, 2.05) is 36.4 Å². The first-order chi connectivity index (χ1) is 10.7. The summed E-state index contributed by atoms with van der Waals surface area (Å²) in [7, 11) is 0. The van der Waals surface area contributed by atoms with Gasteiger partial charge in [0.25, 0.3) is 0 Å². The molecule has 4 aromatic carbocycles. The van der Waals surface area contributed by atoms with Gasteiger partial charge in [-0.2, -0.15) is 0 Å². The number of hydrogen-bond donors (Lipinski definition) is 1. The fourth-order valence-electron chi connectivity index (χ4n) is 3.36. The molecule has 104 valence electrons. The molecule has 1 heterocycles. The molecule has 1 aromatic heterocycles. The molecule has 5 aromatic rings. The van der Waals surface area contributed by atoms with Gasteiger partial charge < -0.3 is 9.52 Å². The van der Waals surface area contributed by atoms with Gasteiger partial charge in [-0.1, -0.05) is 30.3 Å². The van der Waals surface area contributed by atoms with Crippen molar-refractivity contribution in [2.75, 3.05) is 0 Å². The van der Waals surface area contributed by atoms with Crippen LogP contribution in [0.5, 0.6) is 5.75 Å². The van der Waals surface area contributed by atoms with Crippen LogP contribution in [0.15, 0.2) is 63.8 Å². The highest BCUT2D eigenvalue weighted by atomic mass is 16.3. The van der Waals surface area contributed by atoms with E-state index in [9.17, 15) is 9.90 Å². The van der Waals surface area contributed by atoms with Crippen LogP contribution >= 0.6 is 0 Å². The highest BCUT2D eigenvalue weighted by molar-refractivity contribution is 6.27. The molecule has 1 N–H and O–H groups in total. The van der Waals surface area contributed by atoms with Crippen molar-refractivity contribution in [3.63, 3.8) is 0 Å². The molecule has 22 heavy (non-hydrogen) atoms. The van der Waals surface area contributed by atoms with Gasteiger partial charge in [0, 0.05) is 21.5 Å². The number of hydrogen-bond acceptors (Lipinski definition) is 3.